The average Bonchev–Trinajstić information content (AvgIpc) is 2.68. The number of hydrogen-bond donors (Lipinski definition) is 0. The van der Waals surface area contributed by atoms with Crippen LogP contribution in [0.5, 0.6) is 5.75 Å². The summed E-state index contributed by atoms with van der Waals surface area (Å²) in [5, 5.41) is 20.3. The molecule has 2 aromatic carbocycles. The molecule has 5 nitrogen and oxygen atoms in total. The van der Waals surface area contributed by atoms with E-state index < -0.39 is 5.56 Å². The summed E-state index contributed by atoms with van der Waals surface area (Å²) in [5.41, 5.74) is 2.11. The van der Waals surface area contributed by atoms with Gasteiger partial charge in [0.25, 0.3) is 5.56 Å². The van der Waals surface area contributed by atoms with E-state index in [9.17, 15) is 15.3 Å². The lowest BCUT2D eigenvalue weighted by Crippen LogP contribution is -2.21. The van der Waals surface area contributed by atoms with E-state index in [1.807, 2.05) is 25.1 Å². The van der Waals surface area contributed by atoms with Gasteiger partial charge in [-0.2, -0.15) is 10.5 Å². The number of ether oxygens (including phenoxy) is 1. The van der Waals surface area contributed by atoms with Gasteiger partial charge in [0.15, 0.2) is 0 Å². The number of aryl methyl sites for hydroxylation is 1. The Bertz CT molecular complexity index is 1150. The molecule has 0 aliphatic rings. The summed E-state index contributed by atoms with van der Waals surface area (Å²) in [6.45, 7) is 2.39. The summed E-state index contributed by atoms with van der Waals surface area (Å²) in [6.07, 6.45) is 0.863. The second kappa shape index (κ2) is 8.07. The highest BCUT2D eigenvalue weighted by Gasteiger charge is 2.13. The van der Waals surface area contributed by atoms with Gasteiger partial charge in [-0.25, -0.2) is 0 Å². The third-order valence-electron chi connectivity index (χ3n) is 4.24. The maximum absolute atomic E-state index is 12.9. The van der Waals surface area contributed by atoms with E-state index in [4.69, 9.17) is 4.74 Å². The molecule has 0 spiro atoms. The first kappa shape index (κ1) is 18.7. The van der Waals surface area contributed by atoms with Crippen molar-refractivity contribution in [3.63, 3.8) is 0 Å². The second-order valence-electron chi connectivity index (χ2n) is 6.03. The molecular formula is C21H16BrN3O2. The lowest BCUT2D eigenvalue weighted by molar-refractivity contribution is 0.319. The molecule has 1 aromatic heterocycles. The molecular weight excluding hydrogens is 406 g/mol. The zero-order valence-corrected chi connectivity index (χ0v) is 16.3. The van der Waals surface area contributed by atoms with Crippen molar-refractivity contribution in [2.45, 2.75) is 13.3 Å². The van der Waals surface area contributed by atoms with Crippen molar-refractivity contribution >= 4 is 26.8 Å². The summed E-state index contributed by atoms with van der Waals surface area (Å²) < 4.78 is 7.21. The number of nitriles is 2. The number of hydrogen-bond acceptors (Lipinski definition) is 4. The van der Waals surface area contributed by atoms with Gasteiger partial charge in [-0.05, 0) is 49.2 Å². The van der Waals surface area contributed by atoms with Gasteiger partial charge in [0, 0.05) is 16.8 Å². The largest absolute Gasteiger partial charge is 0.493 e. The molecule has 27 heavy (non-hydrogen) atoms. The minimum Gasteiger partial charge on any atom is -0.493 e. The number of nitrogens with zero attached hydrogens (tertiary/aromatic N) is 3. The predicted octanol–water partition coefficient (Wildman–Crippen LogP) is 4.21. The van der Waals surface area contributed by atoms with Crippen molar-refractivity contribution in [3.8, 4) is 23.6 Å². The maximum atomic E-state index is 12.9. The summed E-state index contributed by atoms with van der Waals surface area (Å²) in [4.78, 5) is 12.9. The lowest BCUT2D eigenvalue weighted by atomic mass is 10.1. The minimum absolute atomic E-state index is 0.0505. The smallest absolute Gasteiger partial charge is 0.273 e. The Balaban J connectivity index is 2.26. The highest BCUT2D eigenvalue weighted by Crippen LogP contribution is 2.24. The summed E-state index contributed by atoms with van der Waals surface area (Å²) in [6, 6.07) is 16.3. The van der Waals surface area contributed by atoms with Crippen molar-refractivity contribution in [3.05, 3.63) is 69.5 Å². The zero-order chi connectivity index (χ0) is 19.4. The molecule has 0 aliphatic carbocycles. The average molecular weight is 422 g/mol. The first-order valence-corrected chi connectivity index (χ1v) is 9.51. The molecule has 6 heteroatoms. The molecule has 0 aliphatic heterocycles. The molecule has 0 saturated carbocycles. The normalized spacial score (nSPS) is 10.4. The van der Waals surface area contributed by atoms with Gasteiger partial charge >= 0.3 is 0 Å². The summed E-state index contributed by atoms with van der Waals surface area (Å²) >= 11 is 3.37. The van der Waals surface area contributed by atoms with Crippen molar-refractivity contribution < 1.29 is 4.74 Å². The first-order chi connectivity index (χ1) is 13.1. The molecule has 0 atom stereocenters. The van der Waals surface area contributed by atoms with Gasteiger partial charge in [0.2, 0.25) is 0 Å². The molecule has 0 N–H and O–H groups in total. The minimum atomic E-state index is -0.421. The fourth-order valence-electron chi connectivity index (χ4n) is 2.83. The Labute approximate surface area is 165 Å². The monoisotopic (exact) mass is 421 g/mol. The Hall–Kier alpha value is -3.09. The Morgan fingerprint density at radius 1 is 1.07 bits per heavy atom. The quantitative estimate of drug-likeness (QED) is 0.456. The van der Waals surface area contributed by atoms with Gasteiger partial charge in [-0.15, -0.1) is 0 Å². The van der Waals surface area contributed by atoms with Crippen LogP contribution in [0.3, 0.4) is 0 Å². The van der Waals surface area contributed by atoms with Crippen molar-refractivity contribution in [1.29, 1.82) is 10.5 Å². The van der Waals surface area contributed by atoms with E-state index in [0.717, 1.165) is 22.7 Å². The first-order valence-electron chi connectivity index (χ1n) is 8.39. The van der Waals surface area contributed by atoms with Crippen LogP contribution in [0.15, 0.2) is 47.3 Å². The highest BCUT2D eigenvalue weighted by molar-refractivity contribution is 9.09. The Morgan fingerprint density at radius 3 is 2.56 bits per heavy atom. The summed E-state index contributed by atoms with van der Waals surface area (Å²) in [7, 11) is 0. The van der Waals surface area contributed by atoms with Crippen LogP contribution in [-0.4, -0.2) is 16.5 Å². The van der Waals surface area contributed by atoms with Crippen LogP contribution in [0.2, 0.25) is 0 Å². The van der Waals surface area contributed by atoms with E-state index in [0.29, 0.717) is 29.1 Å². The molecule has 0 saturated heterocycles. The second-order valence-corrected chi connectivity index (χ2v) is 6.83. The van der Waals surface area contributed by atoms with E-state index in [1.54, 1.807) is 30.3 Å². The maximum Gasteiger partial charge on any atom is 0.273 e. The molecule has 0 amide bonds. The van der Waals surface area contributed by atoms with Gasteiger partial charge < -0.3 is 4.74 Å². The van der Waals surface area contributed by atoms with Crippen molar-refractivity contribution in [2.75, 3.05) is 11.9 Å². The fourth-order valence-corrected chi connectivity index (χ4v) is 3.06. The predicted molar refractivity (Wildman–Crippen MR) is 108 cm³/mol. The van der Waals surface area contributed by atoms with E-state index in [2.05, 4.69) is 22.0 Å². The van der Waals surface area contributed by atoms with Crippen LogP contribution in [0.4, 0.5) is 0 Å². The number of rotatable bonds is 5. The number of halogens is 1. The number of alkyl halides is 1. The highest BCUT2D eigenvalue weighted by atomic mass is 79.9. The fraction of sp³-hybridized carbons (Fsp3) is 0.190. The van der Waals surface area contributed by atoms with E-state index in [1.165, 1.54) is 4.57 Å². The number of pyridine rings is 1. The zero-order valence-electron chi connectivity index (χ0n) is 14.7. The third-order valence-corrected chi connectivity index (χ3v) is 4.80. The Kier molecular flexibility index (Phi) is 5.59. The topological polar surface area (TPSA) is 78.8 Å². The van der Waals surface area contributed by atoms with Crippen molar-refractivity contribution in [2.24, 2.45) is 0 Å². The van der Waals surface area contributed by atoms with Crippen LogP contribution < -0.4 is 10.3 Å². The molecule has 0 bridgehead atoms. The third kappa shape index (κ3) is 3.72. The molecule has 0 radical (unpaired) electrons. The van der Waals surface area contributed by atoms with Gasteiger partial charge in [-0.3, -0.25) is 9.36 Å². The lowest BCUT2D eigenvalue weighted by Gasteiger charge is -2.14. The van der Waals surface area contributed by atoms with Crippen molar-refractivity contribution in [1.82, 2.24) is 4.57 Å². The van der Waals surface area contributed by atoms with E-state index in [-0.39, 0.29) is 5.56 Å². The van der Waals surface area contributed by atoms with Gasteiger partial charge in [-0.1, -0.05) is 22.0 Å². The van der Waals surface area contributed by atoms with Gasteiger partial charge in [0.1, 0.15) is 17.4 Å². The molecule has 134 valence electrons. The van der Waals surface area contributed by atoms with Crippen LogP contribution in [0.25, 0.3) is 16.6 Å². The molecule has 3 rings (SSSR count). The SMILES string of the molecule is Cc1ccc(-n2c(=O)c(C#N)cc3ccc(OCCCBr)cc32)cc1C#N. The number of fused-ring (bicyclic) bond motifs is 1. The van der Waals surface area contributed by atoms with Gasteiger partial charge in [0.05, 0.1) is 29.4 Å². The standard InChI is InChI=1S/C21H16BrN3O2/c1-14-3-5-18(10-16(14)12-23)25-20-11-19(27-8-2-7-22)6-4-15(20)9-17(13-24)21(25)26/h3-6,9-11H,2,7-8H2,1H3. The van der Waals surface area contributed by atoms with Crippen LogP contribution in [0.1, 0.15) is 23.1 Å². The van der Waals surface area contributed by atoms with Crippen LogP contribution >= 0.6 is 15.9 Å². The van der Waals surface area contributed by atoms with Crippen LogP contribution in [-0.2, 0) is 0 Å². The number of aromatic nitrogens is 1. The molecule has 3 aromatic rings. The molecule has 1 heterocycles. The van der Waals surface area contributed by atoms with E-state index >= 15 is 0 Å². The molecule has 0 fully saturated rings. The molecule has 0 unspecified atom stereocenters. The number of benzene rings is 2. The van der Waals surface area contributed by atoms with Crippen LogP contribution in [0, 0.1) is 29.6 Å². The Morgan fingerprint density at radius 2 is 1.85 bits per heavy atom. The summed E-state index contributed by atoms with van der Waals surface area (Å²) in [5.74, 6) is 0.647.